The highest BCUT2D eigenvalue weighted by molar-refractivity contribution is 5.91. The van der Waals surface area contributed by atoms with E-state index in [0.717, 1.165) is 0 Å². The number of rotatable bonds is 4. The van der Waals surface area contributed by atoms with Gasteiger partial charge in [-0.15, -0.1) is 0 Å². The van der Waals surface area contributed by atoms with Gasteiger partial charge in [-0.05, 0) is 12.1 Å². The van der Waals surface area contributed by atoms with Gasteiger partial charge in [-0.3, -0.25) is 9.59 Å². The normalized spacial score (nSPS) is 22.7. The molecule has 7 heteroatoms. The Morgan fingerprint density at radius 1 is 1.44 bits per heavy atom. The number of carboxylic acids is 1. The molecular weight excluding hydrogens is 238 g/mol. The number of amides is 1. The molecule has 2 unspecified atom stereocenters. The predicted molar refractivity (Wildman–Crippen MR) is 62.1 cm³/mol. The number of aromatic nitrogens is 1. The summed E-state index contributed by atoms with van der Waals surface area (Å²) in [7, 11) is 0. The fourth-order valence-electron chi connectivity index (χ4n) is 1.78. The molecule has 2 atom stereocenters. The standard InChI is InChI=1S/C11H13N3O4/c12-10(15)7-2-1-3-9(13-7)14-8-5-18-4-6(8)11(16)17/h1-3,6,8H,4-5H2,(H2,12,15)(H,13,14)(H,16,17). The first kappa shape index (κ1) is 12.3. The monoisotopic (exact) mass is 251 g/mol. The van der Waals surface area contributed by atoms with E-state index in [2.05, 4.69) is 10.3 Å². The molecule has 0 aliphatic carbocycles. The second-order valence-electron chi connectivity index (χ2n) is 4.01. The van der Waals surface area contributed by atoms with E-state index in [1.54, 1.807) is 12.1 Å². The summed E-state index contributed by atoms with van der Waals surface area (Å²) < 4.78 is 5.12. The Kier molecular flexibility index (Phi) is 3.42. The first-order chi connectivity index (χ1) is 8.58. The summed E-state index contributed by atoms with van der Waals surface area (Å²) >= 11 is 0. The number of carbonyl (C=O) groups excluding carboxylic acids is 1. The zero-order valence-corrected chi connectivity index (χ0v) is 9.50. The third-order valence-corrected chi connectivity index (χ3v) is 2.73. The number of hydrogen-bond acceptors (Lipinski definition) is 5. The van der Waals surface area contributed by atoms with Gasteiger partial charge in [-0.2, -0.15) is 0 Å². The highest BCUT2D eigenvalue weighted by Crippen LogP contribution is 2.18. The van der Waals surface area contributed by atoms with Crippen LogP contribution in [0.1, 0.15) is 10.5 Å². The van der Waals surface area contributed by atoms with Crippen LogP contribution in [0.3, 0.4) is 0 Å². The zero-order chi connectivity index (χ0) is 13.1. The average Bonchev–Trinajstić information content (AvgIpc) is 2.77. The van der Waals surface area contributed by atoms with Crippen molar-refractivity contribution in [2.45, 2.75) is 6.04 Å². The molecule has 96 valence electrons. The van der Waals surface area contributed by atoms with Crippen LogP contribution in [0.5, 0.6) is 0 Å². The minimum absolute atomic E-state index is 0.130. The molecule has 1 saturated heterocycles. The van der Waals surface area contributed by atoms with E-state index in [-0.39, 0.29) is 18.3 Å². The van der Waals surface area contributed by atoms with E-state index in [4.69, 9.17) is 15.6 Å². The van der Waals surface area contributed by atoms with E-state index in [1.165, 1.54) is 6.07 Å². The van der Waals surface area contributed by atoms with E-state index in [1.807, 2.05) is 0 Å². The van der Waals surface area contributed by atoms with Gasteiger partial charge >= 0.3 is 5.97 Å². The third kappa shape index (κ3) is 2.57. The fraction of sp³-hybridized carbons (Fsp3) is 0.364. The van der Waals surface area contributed by atoms with Crippen LogP contribution in [0, 0.1) is 5.92 Å². The minimum Gasteiger partial charge on any atom is -0.481 e. The number of hydrogen-bond donors (Lipinski definition) is 3. The number of carboxylic acid groups (broad SMARTS) is 1. The number of pyridine rings is 1. The van der Waals surface area contributed by atoms with Gasteiger partial charge in [0.1, 0.15) is 17.4 Å². The van der Waals surface area contributed by atoms with E-state index < -0.39 is 17.8 Å². The quantitative estimate of drug-likeness (QED) is 0.676. The topological polar surface area (TPSA) is 115 Å². The summed E-state index contributed by atoms with van der Waals surface area (Å²) in [6, 6.07) is 4.40. The number of nitrogens with zero attached hydrogens (tertiary/aromatic N) is 1. The summed E-state index contributed by atoms with van der Waals surface area (Å²) in [5.74, 6) is -1.76. The van der Waals surface area contributed by atoms with Gasteiger partial charge in [0.2, 0.25) is 0 Å². The molecule has 1 aliphatic heterocycles. The molecule has 4 N–H and O–H groups in total. The largest absolute Gasteiger partial charge is 0.481 e. The second-order valence-corrected chi connectivity index (χ2v) is 4.01. The Labute approximate surface area is 103 Å². The number of primary amides is 1. The van der Waals surface area contributed by atoms with Crippen molar-refractivity contribution in [1.82, 2.24) is 4.98 Å². The molecule has 0 bridgehead atoms. The molecule has 2 rings (SSSR count). The number of anilines is 1. The molecule has 7 nitrogen and oxygen atoms in total. The number of ether oxygens (including phenoxy) is 1. The molecule has 1 amide bonds. The van der Waals surface area contributed by atoms with Gasteiger partial charge in [0.15, 0.2) is 0 Å². The van der Waals surface area contributed by atoms with Crippen molar-refractivity contribution in [3.8, 4) is 0 Å². The van der Waals surface area contributed by atoms with Crippen molar-refractivity contribution in [2.24, 2.45) is 11.7 Å². The summed E-state index contributed by atoms with van der Waals surface area (Å²) in [6.07, 6.45) is 0. The maximum Gasteiger partial charge on any atom is 0.311 e. The first-order valence-corrected chi connectivity index (χ1v) is 5.42. The minimum atomic E-state index is -0.920. The van der Waals surface area contributed by atoms with Crippen LogP contribution in [0.15, 0.2) is 18.2 Å². The van der Waals surface area contributed by atoms with Gasteiger partial charge in [-0.25, -0.2) is 4.98 Å². The lowest BCUT2D eigenvalue weighted by atomic mass is 10.0. The maximum absolute atomic E-state index is 11.0. The van der Waals surface area contributed by atoms with Crippen LogP contribution >= 0.6 is 0 Å². The molecule has 18 heavy (non-hydrogen) atoms. The molecule has 0 spiro atoms. The van der Waals surface area contributed by atoms with Crippen LogP contribution in [0.25, 0.3) is 0 Å². The molecule has 1 aromatic rings. The van der Waals surface area contributed by atoms with E-state index in [0.29, 0.717) is 12.4 Å². The molecule has 0 radical (unpaired) electrons. The number of carbonyl (C=O) groups is 2. The first-order valence-electron chi connectivity index (χ1n) is 5.42. The van der Waals surface area contributed by atoms with Crippen LogP contribution in [0.2, 0.25) is 0 Å². The molecule has 0 aromatic carbocycles. The highest BCUT2D eigenvalue weighted by atomic mass is 16.5. The summed E-state index contributed by atoms with van der Waals surface area (Å²) in [5, 5.41) is 11.9. The van der Waals surface area contributed by atoms with E-state index in [9.17, 15) is 9.59 Å². The van der Waals surface area contributed by atoms with Crippen molar-refractivity contribution in [3.63, 3.8) is 0 Å². The Hall–Kier alpha value is -2.15. The van der Waals surface area contributed by atoms with Crippen molar-refractivity contribution in [3.05, 3.63) is 23.9 Å². The van der Waals surface area contributed by atoms with Gasteiger partial charge in [0, 0.05) is 0 Å². The number of nitrogens with one attached hydrogen (secondary N) is 1. The van der Waals surface area contributed by atoms with Crippen molar-refractivity contribution < 1.29 is 19.4 Å². The number of nitrogens with two attached hydrogens (primary N) is 1. The van der Waals surface area contributed by atoms with Gasteiger partial charge in [-0.1, -0.05) is 6.07 Å². The van der Waals surface area contributed by atoms with Gasteiger partial charge < -0.3 is 20.9 Å². The SMILES string of the molecule is NC(=O)c1cccc(NC2COCC2C(=O)O)n1. The van der Waals surface area contributed by atoms with Gasteiger partial charge in [0.05, 0.1) is 19.3 Å². The van der Waals surface area contributed by atoms with Crippen molar-refractivity contribution >= 4 is 17.7 Å². The van der Waals surface area contributed by atoms with Crippen LogP contribution < -0.4 is 11.1 Å². The lowest BCUT2D eigenvalue weighted by molar-refractivity contribution is -0.141. The molecule has 1 fully saturated rings. The predicted octanol–water partition coefficient (Wildman–Crippen LogP) is -0.308. The second kappa shape index (κ2) is 5.01. The fourth-order valence-corrected chi connectivity index (χ4v) is 1.78. The van der Waals surface area contributed by atoms with Gasteiger partial charge in [0.25, 0.3) is 5.91 Å². The Balaban J connectivity index is 2.11. The summed E-state index contributed by atoms with van der Waals surface area (Å²) in [5.41, 5.74) is 5.25. The summed E-state index contributed by atoms with van der Waals surface area (Å²) in [6.45, 7) is 0.460. The Morgan fingerprint density at radius 2 is 2.22 bits per heavy atom. The molecular formula is C11H13N3O4. The zero-order valence-electron chi connectivity index (χ0n) is 9.50. The third-order valence-electron chi connectivity index (χ3n) is 2.73. The Bertz CT molecular complexity index is 477. The lowest BCUT2D eigenvalue weighted by Gasteiger charge is -2.16. The maximum atomic E-state index is 11.0. The molecule has 1 aromatic heterocycles. The number of aliphatic carboxylic acids is 1. The smallest absolute Gasteiger partial charge is 0.311 e. The van der Waals surface area contributed by atoms with Crippen LogP contribution in [0.4, 0.5) is 5.82 Å². The van der Waals surface area contributed by atoms with Crippen LogP contribution in [-0.4, -0.2) is 41.2 Å². The molecule has 2 heterocycles. The Morgan fingerprint density at radius 3 is 2.89 bits per heavy atom. The molecule has 1 aliphatic rings. The van der Waals surface area contributed by atoms with Crippen molar-refractivity contribution in [2.75, 3.05) is 18.5 Å². The highest BCUT2D eigenvalue weighted by Gasteiger charge is 2.34. The summed E-state index contributed by atoms with van der Waals surface area (Å²) in [4.78, 5) is 25.9. The lowest BCUT2D eigenvalue weighted by Crippen LogP contribution is -2.33. The van der Waals surface area contributed by atoms with Crippen LogP contribution in [-0.2, 0) is 9.53 Å². The molecule has 0 saturated carbocycles. The van der Waals surface area contributed by atoms with Crippen molar-refractivity contribution in [1.29, 1.82) is 0 Å². The average molecular weight is 251 g/mol. The van der Waals surface area contributed by atoms with E-state index >= 15 is 0 Å².